The molecule has 0 bridgehead atoms. The summed E-state index contributed by atoms with van der Waals surface area (Å²) in [5.74, 6) is 0.697. The first-order valence-electron chi connectivity index (χ1n) is 7.34. The van der Waals surface area contributed by atoms with Gasteiger partial charge in [0.2, 0.25) is 0 Å². The van der Waals surface area contributed by atoms with Crippen molar-refractivity contribution in [3.63, 3.8) is 0 Å². The summed E-state index contributed by atoms with van der Waals surface area (Å²) in [5, 5.41) is 9.17. The standard InChI is InChI=1S/C16H23BrN4O/c1-3-9-20-16(18-4-2)21-11-6-10-19-15(22)13-7-5-8-14(17)12-13/h3,5,7-8,12H,1,4,6,9-11H2,2H3,(H,19,22)(H2,18,20,21). The molecule has 0 aliphatic carbocycles. The Kier molecular flexibility index (Phi) is 8.98. The molecule has 120 valence electrons. The second-order valence-electron chi connectivity index (χ2n) is 4.55. The molecule has 5 nitrogen and oxygen atoms in total. The lowest BCUT2D eigenvalue weighted by Gasteiger charge is -2.09. The summed E-state index contributed by atoms with van der Waals surface area (Å²) in [4.78, 5) is 16.4. The molecule has 22 heavy (non-hydrogen) atoms. The molecule has 0 heterocycles. The third-order valence-electron chi connectivity index (χ3n) is 2.74. The molecule has 0 saturated carbocycles. The van der Waals surface area contributed by atoms with Crippen molar-refractivity contribution in [1.82, 2.24) is 16.0 Å². The third kappa shape index (κ3) is 7.26. The first kappa shape index (κ1) is 18.2. The van der Waals surface area contributed by atoms with Crippen molar-refractivity contribution in [1.29, 1.82) is 0 Å². The largest absolute Gasteiger partial charge is 0.357 e. The Hall–Kier alpha value is -1.82. The molecule has 0 aliphatic heterocycles. The molecule has 0 saturated heterocycles. The number of nitrogens with one attached hydrogen (secondary N) is 3. The van der Waals surface area contributed by atoms with Gasteiger partial charge in [0.1, 0.15) is 0 Å². The van der Waals surface area contributed by atoms with Crippen LogP contribution in [0.5, 0.6) is 0 Å². The number of hydrogen-bond acceptors (Lipinski definition) is 2. The Morgan fingerprint density at radius 1 is 1.36 bits per heavy atom. The number of amides is 1. The molecule has 1 rings (SSSR count). The maximum Gasteiger partial charge on any atom is 0.251 e. The molecule has 0 atom stereocenters. The third-order valence-corrected chi connectivity index (χ3v) is 3.23. The van der Waals surface area contributed by atoms with Crippen LogP contribution in [0.1, 0.15) is 23.7 Å². The summed E-state index contributed by atoms with van der Waals surface area (Å²) in [6.45, 7) is 8.40. The van der Waals surface area contributed by atoms with Crippen LogP contribution in [0.15, 0.2) is 46.4 Å². The normalized spacial score (nSPS) is 10.9. The van der Waals surface area contributed by atoms with E-state index in [1.54, 1.807) is 18.2 Å². The molecule has 0 radical (unpaired) electrons. The first-order valence-corrected chi connectivity index (χ1v) is 8.13. The Labute approximate surface area is 140 Å². The lowest BCUT2D eigenvalue weighted by Crippen LogP contribution is -2.37. The maximum atomic E-state index is 11.9. The number of carbonyl (C=O) groups is 1. The molecular weight excluding hydrogens is 344 g/mol. The van der Waals surface area contributed by atoms with E-state index >= 15 is 0 Å². The van der Waals surface area contributed by atoms with Crippen LogP contribution in [-0.2, 0) is 0 Å². The number of benzene rings is 1. The van der Waals surface area contributed by atoms with Gasteiger partial charge in [0.05, 0.1) is 0 Å². The van der Waals surface area contributed by atoms with Crippen LogP contribution < -0.4 is 16.0 Å². The zero-order chi connectivity index (χ0) is 16.2. The van der Waals surface area contributed by atoms with Crippen LogP contribution in [0, 0.1) is 0 Å². The summed E-state index contributed by atoms with van der Waals surface area (Å²) in [5.41, 5.74) is 0.652. The molecule has 0 unspecified atom stereocenters. The van der Waals surface area contributed by atoms with E-state index in [4.69, 9.17) is 0 Å². The first-order chi connectivity index (χ1) is 10.7. The topological polar surface area (TPSA) is 65.5 Å². The van der Waals surface area contributed by atoms with Crippen molar-refractivity contribution >= 4 is 27.8 Å². The highest BCUT2D eigenvalue weighted by atomic mass is 79.9. The molecule has 6 heteroatoms. The lowest BCUT2D eigenvalue weighted by molar-refractivity contribution is 0.0953. The Balaban J connectivity index is 2.31. The fourth-order valence-electron chi connectivity index (χ4n) is 1.71. The average Bonchev–Trinajstić information content (AvgIpc) is 2.52. The van der Waals surface area contributed by atoms with Gasteiger partial charge in [-0.2, -0.15) is 0 Å². The number of guanidine groups is 1. The Morgan fingerprint density at radius 3 is 2.86 bits per heavy atom. The second-order valence-corrected chi connectivity index (χ2v) is 5.47. The molecule has 1 aromatic rings. The van der Waals surface area contributed by atoms with Gasteiger partial charge in [0, 0.05) is 36.2 Å². The predicted molar refractivity (Wildman–Crippen MR) is 95.3 cm³/mol. The van der Waals surface area contributed by atoms with Gasteiger partial charge >= 0.3 is 0 Å². The van der Waals surface area contributed by atoms with E-state index in [9.17, 15) is 4.79 Å². The summed E-state index contributed by atoms with van der Waals surface area (Å²) in [6, 6.07) is 7.33. The van der Waals surface area contributed by atoms with Gasteiger partial charge in [-0.05, 0) is 31.5 Å². The van der Waals surface area contributed by atoms with Gasteiger partial charge in [-0.15, -0.1) is 6.58 Å². The van der Waals surface area contributed by atoms with Crippen LogP contribution in [-0.4, -0.2) is 38.0 Å². The number of rotatable bonds is 8. The number of nitrogens with zero attached hydrogens (tertiary/aromatic N) is 1. The van der Waals surface area contributed by atoms with Crippen molar-refractivity contribution < 1.29 is 4.79 Å². The molecule has 0 aromatic heterocycles. The number of aliphatic imine (C=N–C) groups is 1. The minimum atomic E-state index is -0.0676. The molecule has 3 N–H and O–H groups in total. The van der Waals surface area contributed by atoms with Gasteiger partial charge < -0.3 is 16.0 Å². The van der Waals surface area contributed by atoms with Crippen molar-refractivity contribution in [3.05, 3.63) is 47.0 Å². The summed E-state index contributed by atoms with van der Waals surface area (Å²) in [6.07, 6.45) is 2.56. The molecule has 0 fully saturated rings. The molecule has 0 aliphatic rings. The average molecular weight is 367 g/mol. The van der Waals surface area contributed by atoms with Crippen LogP contribution in [0.2, 0.25) is 0 Å². The highest BCUT2D eigenvalue weighted by Crippen LogP contribution is 2.11. The number of halogens is 1. The van der Waals surface area contributed by atoms with Gasteiger partial charge in [-0.3, -0.25) is 9.79 Å². The minimum absolute atomic E-state index is 0.0676. The van der Waals surface area contributed by atoms with E-state index in [-0.39, 0.29) is 5.91 Å². The second kappa shape index (κ2) is 10.8. The molecular formula is C16H23BrN4O. The highest BCUT2D eigenvalue weighted by molar-refractivity contribution is 9.10. The van der Waals surface area contributed by atoms with Gasteiger partial charge in [0.15, 0.2) is 5.96 Å². The van der Waals surface area contributed by atoms with E-state index in [2.05, 4.69) is 43.5 Å². The van der Waals surface area contributed by atoms with Crippen LogP contribution in [0.4, 0.5) is 0 Å². The Morgan fingerprint density at radius 2 is 2.18 bits per heavy atom. The van der Waals surface area contributed by atoms with E-state index in [0.717, 1.165) is 23.4 Å². The molecule has 0 spiro atoms. The van der Waals surface area contributed by atoms with Crippen molar-refractivity contribution in [3.8, 4) is 0 Å². The maximum absolute atomic E-state index is 11.9. The highest BCUT2D eigenvalue weighted by Gasteiger charge is 2.04. The lowest BCUT2D eigenvalue weighted by atomic mass is 10.2. The smallest absolute Gasteiger partial charge is 0.251 e. The summed E-state index contributed by atoms with van der Waals surface area (Å²) >= 11 is 3.36. The van der Waals surface area contributed by atoms with Crippen LogP contribution in [0.25, 0.3) is 0 Å². The van der Waals surface area contributed by atoms with Crippen molar-refractivity contribution in [2.75, 3.05) is 26.2 Å². The van der Waals surface area contributed by atoms with Gasteiger partial charge in [0.25, 0.3) is 5.91 Å². The number of carbonyl (C=O) groups excluding carboxylic acids is 1. The summed E-state index contributed by atoms with van der Waals surface area (Å²) < 4.78 is 0.897. The SMILES string of the molecule is C=CCNC(=NCCCNC(=O)c1cccc(Br)c1)NCC. The number of hydrogen-bond donors (Lipinski definition) is 3. The Bertz CT molecular complexity index is 517. The van der Waals surface area contributed by atoms with E-state index < -0.39 is 0 Å². The zero-order valence-corrected chi connectivity index (χ0v) is 14.4. The van der Waals surface area contributed by atoms with Crippen molar-refractivity contribution in [2.24, 2.45) is 4.99 Å². The van der Waals surface area contributed by atoms with Crippen LogP contribution in [0.3, 0.4) is 0 Å². The zero-order valence-electron chi connectivity index (χ0n) is 12.9. The van der Waals surface area contributed by atoms with Gasteiger partial charge in [-0.25, -0.2) is 0 Å². The monoisotopic (exact) mass is 366 g/mol. The predicted octanol–water partition coefficient (Wildman–Crippen LogP) is 2.31. The van der Waals surface area contributed by atoms with E-state index in [0.29, 0.717) is 25.2 Å². The fourth-order valence-corrected chi connectivity index (χ4v) is 2.11. The summed E-state index contributed by atoms with van der Waals surface area (Å²) in [7, 11) is 0. The van der Waals surface area contributed by atoms with Crippen molar-refractivity contribution in [2.45, 2.75) is 13.3 Å². The molecule has 1 amide bonds. The minimum Gasteiger partial charge on any atom is -0.357 e. The van der Waals surface area contributed by atoms with Gasteiger partial charge in [-0.1, -0.05) is 28.1 Å². The fraction of sp³-hybridized carbons (Fsp3) is 0.375. The van der Waals surface area contributed by atoms with Crippen LogP contribution >= 0.6 is 15.9 Å². The quantitative estimate of drug-likeness (QED) is 0.286. The van der Waals surface area contributed by atoms with E-state index in [1.807, 2.05) is 19.1 Å². The molecule has 1 aromatic carbocycles. The van der Waals surface area contributed by atoms with E-state index in [1.165, 1.54) is 0 Å².